The van der Waals surface area contributed by atoms with Gasteiger partial charge in [0, 0.05) is 22.3 Å². The molecule has 1 aliphatic heterocycles. The number of nitrogens with one attached hydrogen (secondary N) is 1. The summed E-state index contributed by atoms with van der Waals surface area (Å²) in [6.45, 7) is 9.90. The maximum atomic E-state index is 12.6. The molecule has 1 fully saturated rings. The number of Topliss-reactive ketones (excluding diaryl/α,β-unsaturated/α-hetero) is 1. The van der Waals surface area contributed by atoms with Gasteiger partial charge in [-0.25, -0.2) is 4.98 Å². The van der Waals surface area contributed by atoms with Crippen LogP contribution >= 0.6 is 11.3 Å². The van der Waals surface area contributed by atoms with Crippen molar-refractivity contribution >= 4 is 17.1 Å². The van der Waals surface area contributed by atoms with Crippen LogP contribution in [0.1, 0.15) is 27.4 Å². The maximum Gasteiger partial charge on any atom is 0.218 e. The van der Waals surface area contributed by atoms with E-state index < -0.39 is 0 Å². The topological polar surface area (TPSA) is 48.6 Å². The van der Waals surface area contributed by atoms with Gasteiger partial charge in [0.05, 0.1) is 18.9 Å². The molecular formula is C16H22N3O2S+. The van der Waals surface area contributed by atoms with Crippen molar-refractivity contribution in [3.05, 3.63) is 34.1 Å². The second-order valence-corrected chi connectivity index (χ2v) is 6.69. The lowest BCUT2D eigenvalue weighted by Gasteiger charge is -2.22. The molecule has 118 valence electrons. The minimum Gasteiger partial charge on any atom is -0.370 e. The zero-order valence-electron chi connectivity index (χ0n) is 13.3. The highest BCUT2D eigenvalue weighted by Gasteiger charge is 2.23. The van der Waals surface area contributed by atoms with E-state index in [0.717, 1.165) is 54.1 Å². The molecule has 1 N–H and O–H groups in total. The average Bonchev–Trinajstić information content (AvgIpc) is 3.03. The van der Waals surface area contributed by atoms with Crippen LogP contribution in [0.5, 0.6) is 0 Å². The van der Waals surface area contributed by atoms with Crippen LogP contribution in [0, 0.1) is 20.8 Å². The van der Waals surface area contributed by atoms with Gasteiger partial charge in [0.15, 0.2) is 5.13 Å². The first kappa shape index (κ1) is 15.4. The molecule has 22 heavy (non-hydrogen) atoms. The first-order valence-corrected chi connectivity index (χ1v) is 8.50. The van der Waals surface area contributed by atoms with E-state index in [4.69, 9.17) is 4.74 Å². The fraction of sp³-hybridized carbons (Fsp3) is 0.500. The second kappa shape index (κ2) is 6.32. The summed E-state index contributed by atoms with van der Waals surface area (Å²) < 4.78 is 7.43. The summed E-state index contributed by atoms with van der Waals surface area (Å²) in [7, 11) is 0. The predicted molar refractivity (Wildman–Crippen MR) is 86.4 cm³/mol. The highest BCUT2D eigenvalue weighted by atomic mass is 32.1. The van der Waals surface area contributed by atoms with Gasteiger partial charge in [-0.2, -0.15) is 0 Å². The summed E-state index contributed by atoms with van der Waals surface area (Å²) in [5.41, 5.74) is 3.89. The van der Waals surface area contributed by atoms with Crippen molar-refractivity contribution in [2.75, 3.05) is 32.8 Å². The van der Waals surface area contributed by atoms with E-state index >= 15 is 0 Å². The minimum absolute atomic E-state index is 0.213. The average molecular weight is 320 g/mol. The predicted octanol–water partition coefficient (Wildman–Crippen LogP) is 0.957. The number of thiazole rings is 1. The van der Waals surface area contributed by atoms with Crippen molar-refractivity contribution in [3.63, 3.8) is 0 Å². The molecule has 0 spiro atoms. The van der Waals surface area contributed by atoms with E-state index in [9.17, 15) is 4.79 Å². The fourth-order valence-electron chi connectivity index (χ4n) is 2.94. The van der Waals surface area contributed by atoms with Crippen LogP contribution in [-0.2, 0) is 4.74 Å². The Morgan fingerprint density at radius 3 is 2.73 bits per heavy atom. The molecule has 0 amide bonds. The monoisotopic (exact) mass is 320 g/mol. The molecule has 0 aromatic carbocycles. The molecule has 5 nitrogen and oxygen atoms in total. The van der Waals surface area contributed by atoms with Crippen molar-refractivity contribution in [1.29, 1.82) is 0 Å². The number of quaternary nitrogens is 1. The normalized spacial score (nSPS) is 16.1. The second-order valence-electron chi connectivity index (χ2n) is 5.85. The Kier molecular flexibility index (Phi) is 4.42. The lowest BCUT2D eigenvalue weighted by molar-refractivity contribution is -0.899. The number of carbonyl (C=O) groups excluding carboxylic acids is 1. The first-order valence-electron chi connectivity index (χ1n) is 7.62. The Balaban J connectivity index is 1.84. The molecule has 6 heteroatoms. The Bertz CT molecular complexity index is 684. The number of nitrogens with zero attached hydrogens (tertiary/aromatic N) is 2. The molecule has 1 saturated heterocycles. The van der Waals surface area contributed by atoms with Gasteiger partial charge in [0.25, 0.3) is 0 Å². The third-order valence-electron chi connectivity index (χ3n) is 4.14. The molecule has 0 atom stereocenters. The lowest BCUT2D eigenvalue weighted by atomic mass is 10.1. The van der Waals surface area contributed by atoms with Gasteiger partial charge in [0.2, 0.25) is 5.78 Å². The van der Waals surface area contributed by atoms with Crippen LogP contribution in [-0.4, -0.2) is 48.2 Å². The van der Waals surface area contributed by atoms with Gasteiger partial charge in [0.1, 0.15) is 19.6 Å². The molecule has 2 aromatic heterocycles. The summed E-state index contributed by atoms with van der Waals surface area (Å²) in [6.07, 6.45) is 0. The van der Waals surface area contributed by atoms with Gasteiger partial charge in [-0.3, -0.25) is 9.36 Å². The van der Waals surface area contributed by atoms with Gasteiger partial charge in [-0.15, -0.1) is 11.3 Å². The highest BCUT2D eigenvalue weighted by molar-refractivity contribution is 7.12. The maximum absolute atomic E-state index is 12.6. The van der Waals surface area contributed by atoms with Crippen LogP contribution in [0.2, 0.25) is 0 Å². The molecule has 0 radical (unpaired) electrons. The third kappa shape index (κ3) is 2.99. The van der Waals surface area contributed by atoms with Crippen LogP contribution in [0.4, 0.5) is 0 Å². The summed E-state index contributed by atoms with van der Waals surface area (Å²) in [6, 6.07) is 1.99. The number of aromatic nitrogens is 2. The van der Waals surface area contributed by atoms with Gasteiger partial charge >= 0.3 is 0 Å². The minimum atomic E-state index is 0.213. The van der Waals surface area contributed by atoms with E-state index in [-0.39, 0.29) is 5.78 Å². The molecule has 1 aliphatic rings. The number of ketones is 1. The number of morpholine rings is 1. The van der Waals surface area contributed by atoms with Crippen molar-refractivity contribution in [3.8, 4) is 5.13 Å². The van der Waals surface area contributed by atoms with E-state index in [1.165, 1.54) is 4.90 Å². The third-order valence-corrected chi connectivity index (χ3v) is 5.08. The number of carbonyl (C=O) groups is 1. The quantitative estimate of drug-likeness (QED) is 0.854. The smallest absolute Gasteiger partial charge is 0.218 e. The Morgan fingerprint density at radius 2 is 2.09 bits per heavy atom. The summed E-state index contributed by atoms with van der Waals surface area (Å²) in [5, 5.41) is 2.97. The number of rotatable bonds is 4. The van der Waals surface area contributed by atoms with Crippen LogP contribution < -0.4 is 4.90 Å². The number of aryl methyl sites for hydroxylation is 2. The van der Waals surface area contributed by atoms with Crippen molar-refractivity contribution < 1.29 is 14.4 Å². The first-order chi connectivity index (χ1) is 10.6. The number of hydrogen-bond donors (Lipinski definition) is 1. The molecular weight excluding hydrogens is 298 g/mol. The molecule has 2 aromatic rings. The molecule has 0 bridgehead atoms. The SMILES string of the molecule is Cc1csc(-n2c(C)cc(C(=O)C[NH+]3CCOCC3)c2C)n1. The highest BCUT2D eigenvalue weighted by Crippen LogP contribution is 2.23. The van der Waals surface area contributed by atoms with Crippen LogP contribution in [0.3, 0.4) is 0 Å². The Morgan fingerprint density at radius 1 is 1.36 bits per heavy atom. The van der Waals surface area contributed by atoms with Crippen molar-refractivity contribution in [2.24, 2.45) is 0 Å². The standard InChI is InChI=1S/C16H21N3O2S/c1-11-10-22-16(17-11)19-12(2)8-14(13(19)3)15(20)9-18-4-6-21-7-5-18/h8,10H,4-7,9H2,1-3H3/p+1. The van der Waals surface area contributed by atoms with E-state index in [0.29, 0.717) is 6.54 Å². The summed E-state index contributed by atoms with van der Waals surface area (Å²) >= 11 is 1.61. The Labute approximate surface area is 134 Å². The molecule has 3 heterocycles. The molecule has 0 saturated carbocycles. The van der Waals surface area contributed by atoms with Gasteiger partial charge in [-0.1, -0.05) is 0 Å². The Hall–Kier alpha value is -1.50. The van der Waals surface area contributed by atoms with Crippen molar-refractivity contribution in [1.82, 2.24) is 9.55 Å². The summed E-state index contributed by atoms with van der Waals surface area (Å²) in [4.78, 5) is 18.5. The van der Waals surface area contributed by atoms with Gasteiger partial charge in [-0.05, 0) is 26.8 Å². The molecule has 3 rings (SSSR count). The van der Waals surface area contributed by atoms with E-state index in [2.05, 4.69) is 9.55 Å². The van der Waals surface area contributed by atoms with E-state index in [1.54, 1.807) is 11.3 Å². The molecule has 0 aliphatic carbocycles. The van der Waals surface area contributed by atoms with Crippen LogP contribution in [0.25, 0.3) is 5.13 Å². The largest absolute Gasteiger partial charge is 0.370 e. The van der Waals surface area contributed by atoms with Crippen molar-refractivity contribution in [2.45, 2.75) is 20.8 Å². The lowest BCUT2D eigenvalue weighted by Crippen LogP contribution is -3.14. The zero-order valence-corrected chi connectivity index (χ0v) is 14.1. The zero-order chi connectivity index (χ0) is 15.7. The fourth-order valence-corrected chi connectivity index (χ4v) is 3.85. The van der Waals surface area contributed by atoms with Gasteiger partial charge < -0.3 is 9.64 Å². The van der Waals surface area contributed by atoms with E-state index in [1.807, 2.05) is 32.2 Å². The number of ether oxygens (including phenoxy) is 1. The number of hydrogen-bond acceptors (Lipinski definition) is 4. The van der Waals surface area contributed by atoms with Crippen LogP contribution in [0.15, 0.2) is 11.4 Å². The summed E-state index contributed by atoms with van der Waals surface area (Å²) in [5.74, 6) is 0.213. The molecule has 0 unspecified atom stereocenters.